The van der Waals surface area contributed by atoms with Crippen LogP contribution in [0.25, 0.3) is 16.6 Å². The van der Waals surface area contributed by atoms with Crippen LogP contribution in [0.1, 0.15) is 37.6 Å². The Kier molecular flexibility index (Phi) is 6.92. The zero-order valence-electron chi connectivity index (χ0n) is 18.7. The lowest BCUT2D eigenvalue weighted by Gasteiger charge is -2.36. The van der Waals surface area contributed by atoms with Gasteiger partial charge in [-0.15, -0.1) is 0 Å². The third-order valence-electron chi connectivity index (χ3n) is 5.92. The summed E-state index contributed by atoms with van der Waals surface area (Å²) >= 11 is 2.16. The Morgan fingerprint density at radius 1 is 1.32 bits per heavy atom. The van der Waals surface area contributed by atoms with Crippen molar-refractivity contribution in [2.75, 3.05) is 6.61 Å². The zero-order valence-corrected chi connectivity index (χ0v) is 21.8. The van der Waals surface area contributed by atoms with Crippen LogP contribution in [0.4, 0.5) is 0 Å². The van der Waals surface area contributed by atoms with E-state index in [0.717, 1.165) is 3.57 Å². The molecule has 0 aliphatic rings. The molecule has 1 atom stereocenters. The molecule has 0 spiro atoms. The molecule has 0 bridgehead atoms. The molecular formula is C23H29IN3O3Si. The van der Waals surface area contributed by atoms with Gasteiger partial charge in [0.25, 0.3) is 11.5 Å². The molecule has 1 unspecified atom stereocenters. The third kappa shape index (κ3) is 5.18. The molecule has 1 N–H and O–H groups in total. The second kappa shape index (κ2) is 8.99. The first kappa shape index (κ1) is 23.9. The van der Waals surface area contributed by atoms with E-state index >= 15 is 0 Å². The number of aromatic nitrogens is 2. The molecule has 8 heteroatoms. The van der Waals surface area contributed by atoms with E-state index in [1.54, 1.807) is 30.5 Å². The first-order valence-corrected chi connectivity index (χ1v) is 14.3. The van der Waals surface area contributed by atoms with Crippen LogP contribution < -0.4 is 10.9 Å². The predicted octanol–water partition coefficient (Wildman–Crippen LogP) is 4.80. The molecule has 0 aliphatic carbocycles. The van der Waals surface area contributed by atoms with Crippen molar-refractivity contribution < 1.29 is 9.22 Å². The molecule has 1 amide bonds. The number of hydrogen-bond donors (Lipinski definition) is 1. The Morgan fingerprint density at radius 3 is 2.71 bits per heavy atom. The van der Waals surface area contributed by atoms with Crippen molar-refractivity contribution in [3.8, 4) is 0 Å². The average Bonchev–Trinajstić information content (AvgIpc) is 2.67. The van der Waals surface area contributed by atoms with E-state index in [4.69, 9.17) is 4.43 Å². The predicted molar refractivity (Wildman–Crippen MR) is 136 cm³/mol. The summed E-state index contributed by atoms with van der Waals surface area (Å²) in [7, 11) is -1.84. The molecule has 0 aliphatic heterocycles. The number of nitrogens with zero attached hydrogens (tertiary/aromatic N) is 2. The largest absolute Gasteiger partial charge is 0.417 e. The first-order chi connectivity index (χ1) is 14.4. The van der Waals surface area contributed by atoms with Gasteiger partial charge in [-0.05, 0) is 84.4 Å². The Balaban J connectivity index is 1.79. The van der Waals surface area contributed by atoms with Gasteiger partial charge in [-0.25, -0.2) is 4.98 Å². The Bertz CT molecular complexity index is 1180. The second-order valence-corrected chi connectivity index (χ2v) is 15.3. The van der Waals surface area contributed by atoms with Crippen LogP contribution in [0.2, 0.25) is 18.1 Å². The van der Waals surface area contributed by atoms with Gasteiger partial charge in [0.2, 0.25) is 0 Å². The van der Waals surface area contributed by atoms with Crippen molar-refractivity contribution >= 4 is 53.4 Å². The Hall–Kier alpha value is -1.78. The smallest absolute Gasteiger partial charge is 0.265 e. The van der Waals surface area contributed by atoms with Crippen LogP contribution in [0, 0.1) is 10.5 Å². The lowest BCUT2D eigenvalue weighted by molar-refractivity contribution is 0.0940. The van der Waals surface area contributed by atoms with Crippen LogP contribution in [0.15, 0.2) is 41.3 Å². The number of nitrogens with one attached hydrogen (secondary N) is 1. The van der Waals surface area contributed by atoms with Crippen molar-refractivity contribution in [1.29, 1.82) is 0 Å². The minimum atomic E-state index is -1.84. The summed E-state index contributed by atoms with van der Waals surface area (Å²) in [6.45, 7) is 15.6. The van der Waals surface area contributed by atoms with E-state index in [1.807, 2.05) is 6.07 Å². The number of benzene rings is 1. The normalized spacial score (nSPS) is 13.5. The van der Waals surface area contributed by atoms with Gasteiger partial charge in [0, 0.05) is 22.4 Å². The summed E-state index contributed by atoms with van der Waals surface area (Å²) in [5, 5.41) is 3.58. The maximum absolute atomic E-state index is 13.0. The molecule has 31 heavy (non-hydrogen) atoms. The summed E-state index contributed by atoms with van der Waals surface area (Å²) in [5.74, 6) is -0.304. The van der Waals surface area contributed by atoms with Gasteiger partial charge in [0.1, 0.15) is 0 Å². The number of hydrogen-bond acceptors (Lipinski definition) is 4. The highest BCUT2D eigenvalue weighted by atomic mass is 127. The molecule has 0 fully saturated rings. The molecule has 3 aromatic rings. The molecule has 2 heterocycles. The Labute approximate surface area is 197 Å². The molecule has 1 radical (unpaired) electrons. The fraction of sp³-hybridized carbons (Fsp3) is 0.391. The number of amides is 1. The lowest BCUT2D eigenvalue weighted by Crippen LogP contribution is -2.42. The average molecular weight is 550 g/mol. The van der Waals surface area contributed by atoms with Crippen molar-refractivity contribution in [3.63, 3.8) is 0 Å². The molecule has 1 aromatic carbocycles. The van der Waals surface area contributed by atoms with Crippen molar-refractivity contribution in [3.05, 3.63) is 62.9 Å². The first-order valence-electron chi connectivity index (χ1n) is 10.3. The minimum Gasteiger partial charge on any atom is -0.417 e. The maximum atomic E-state index is 13.0. The number of carbonyl (C=O) groups is 1. The SMILES string of the molecule is [CH2]C(CCO[Si](C)(C)C(C)(C)C)NC(=O)c1cccn2c(=O)c3cc(I)ccc3nc12. The van der Waals surface area contributed by atoms with Crippen molar-refractivity contribution in [1.82, 2.24) is 14.7 Å². The highest BCUT2D eigenvalue weighted by Crippen LogP contribution is 2.36. The van der Waals surface area contributed by atoms with Gasteiger partial charge in [-0.3, -0.25) is 14.0 Å². The monoisotopic (exact) mass is 550 g/mol. The summed E-state index contributed by atoms with van der Waals surface area (Å²) in [6, 6.07) is 8.54. The van der Waals surface area contributed by atoms with Crippen LogP contribution >= 0.6 is 22.6 Å². The summed E-state index contributed by atoms with van der Waals surface area (Å²) < 4.78 is 8.56. The molecule has 6 nitrogen and oxygen atoms in total. The van der Waals surface area contributed by atoms with E-state index in [1.165, 1.54) is 4.40 Å². The maximum Gasteiger partial charge on any atom is 0.265 e. The van der Waals surface area contributed by atoms with E-state index < -0.39 is 8.32 Å². The zero-order chi connectivity index (χ0) is 23.0. The van der Waals surface area contributed by atoms with E-state index in [9.17, 15) is 9.59 Å². The number of rotatable bonds is 6. The fourth-order valence-corrected chi connectivity index (χ4v) is 4.54. The van der Waals surface area contributed by atoms with Gasteiger partial charge in [-0.2, -0.15) is 0 Å². The molecule has 2 aromatic heterocycles. The summed E-state index contributed by atoms with van der Waals surface area (Å²) in [6.07, 6.45) is 2.24. The molecule has 165 valence electrons. The third-order valence-corrected chi connectivity index (χ3v) is 11.1. The highest BCUT2D eigenvalue weighted by Gasteiger charge is 2.37. The highest BCUT2D eigenvalue weighted by molar-refractivity contribution is 14.1. The van der Waals surface area contributed by atoms with Gasteiger partial charge in [0.15, 0.2) is 14.0 Å². The van der Waals surface area contributed by atoms with Gasteiger partial charge < -0.3 is 9.74 Å². The van der Waals surface area contributed by atoms with E-state index in [-0.39, 0.29) is 22.5 Å². The van der Waals surface area contributed by atoms with E-state index in [0.29, 0.717) is 35.1 Å². The number of fused-ring (bicyclic) bond motifs is 2. The lowest BCUT2D eigenvalue weighted by atomic mass is 10.2. The van der Waals surface area contributed by atoms with Crippen molar-refractivity contribution in [2.45, 2.75) is 51.4 Å². The topological polar surface area (TPSA) is 72.7 Å². The number of pyridine rings is 1. The van der Waals surface area contributed by atoms with Crippen molar-refractivity contribution in [2.24, 2.45) is 0 Å². The molecule has 0 saturated heterocycles. The molecular weight excluding hydrogens is 521 g/mol. The number of halogens is 1. The quantitative estimate of drug-likeness (QED) is 0.272. The second-order valence-electron chi connectivity index (χ2n) is 9.26. The van der Waals surface area contributed by atoms with Crippen LogP contribution in [-0.2, 0) is 4.43 Å². The fourth-order valence-electron chi connectivity index (χ4n) is 2.98. The standard InChI is InChI=1S/C23H29IN3O3Si/c1-15(11-13-30-31(5,6)23(2,3)4)25-21(28)17-8-7-12-27-20(17)26-19-10-9-16(24)14-18(19)22(27)29/h7-10,12,14-15H,1,11,13H2,2-6H3,(H,25,28). The van der Waals surface area contributed by atoms with Crippen LogP contribution in [0.5, 0.6) is 0 Å². The van der Waals surface area contributed by atoms with Crippen LogP contribution in [-0.4, -0.2) is 36.3 Å². The van der Waals surface area contributed by atoms with E-state index in [2.05, 4.69) is 73.7 Å². The molecule has 3 rings (SSSR count). The molecule has 0 saturated carbocycles. The summed E-state index contributed by atoms with van der Waals surface area (Å²) in [4.78, 5) is 30.5. The van der Waals surface area contributed by atoms with Gasteiger partial charge >= 0.3 is 0 Å². The summed E-state index contributed by atoms with van der Waals surface area (Å²) in [5.41, 5.74) is 1.06. The minimum absolute atomic E-state index is 0.135. The van der Waals surface area contributed by atoms with Gasteiger partial charge in [-0.1, -0.05) is 20.8 Å². The number of carbonyl (C=O) groups excluding carboxylic acids is 1. The van der Waals surface area contributed by atoms with Gasteiger partial charge in [0.05, 0.1) is 16.5 Å². The Morgan fingerprint density at radius 2 is 2.03 bits per heavy atom. The van der Waals surface area contributed by atoms with Crippen LogP contribution in [0.3, 0.4) is 0 Å².